The smallest absolute Gasteiger partial charge is 0.293 e. The molecule has 3 heterocycles. The van der Waals surface area contributed by atoms with Crippen molar-refractivity contribution < 1.29 is 19.1 Å². The normalized spacial score (nSPS) is 16.4. The summed E-state index contributed by atoms with van der Waals surface area (Å²) < 4.78 is 14.6. The summed E-state index contributed by atoms with van der Waals surface area (Å²) in [6.45, 7) is 1.56. The zero-order chi connectivity index (χ0) is 22.3. The van der Waals surface area contributed by atoms with E-state index in [9.17, 15) is 23.9 Å². The maximum atomic E-state index is 13.4. The number of hydrogen-bond acceptors (Lipinski definition) is 5. The molecule has 7 nitrogen and oxygen atoms in total. The van der Waals surface area contributed by atoms with Crippen LogP contribution in [-0.2, 0) is 20.0 Å². The van der Waals surface area contributed by atoms with Crippen molar-refractivity contribution in [3.05, 3.63) is 61.8 Å². The van der Waals surface area contributed by atoms with Crippen molar-refractivity contribution in [3.8, 4) is 5.75 Å². The minimum Gasteiger partial charge on any atom is -0.502 e. The van der Waals surface area contributed by atoms with Crippen molar-refractivity contribution in [2.24, 2.45) is 7.05 Å². The molecule has 2 aliphatic heterocycles. The second-order valence-electron chi connectivity index (χ2n) is 7.54. The molecule has 0 unspecified atom stereocenters. The Morgan fingerprint density at radius 3 is 2.61 bits per heavy atom. The summed E-state index contributed by atoms with van der Waals surface area (Å²) in [6, 6.07) is 4.19. The van der Waals surface area contributed by atoms with Crippen molar-refractivity contribution in [3.63, 3.8) is 0 Å². The van der Waals surface area contributed by atoms with E-state index in [1.54, 1.807) is 16.7 Å². The zero-order valence-corrected chi connectivity index (χ0v) is 18.4. The Morgan fingerprint density at radius 2 is 1.94 bits per heavy atom. The van der Waals surface area contributed by atoms with Crippen LogP contribution in [0.4, 0.5) is 4.39 Å². The highest BCUT2D eigenvalue weighted by molar-refractivity contribution is 7.99. The van der Waals surface area contributed by atoms with Gasteiger partial charge < -0.3 is 19.5 Å². The zero-order valence-electron chi connectivity index (χ0n) is 16.9. The van der Waals surface area contributed by atoms with Crippen LogP contribution in [0, 0.1) is 5.82 Å². The third kappa shape index (κ3) is 3.92. The molecule has 10 heteroatoms. The Morgan fingerprint density at radius 1 is 1.23 bits per heavy atom. The van der Waals surface area contributed by atoms with Gasteiger partial charge in [-0.3, -0.25) is 14.4 Å². The largest absolute Gasteiger partial charge is 0.502 e. The van der Waals surface area contributed by atoms with Crippen LogP contribution in [-0.4, -0.2) is 62.4 Å². The summed E-state index contributed by atoms with van der Waals surface area (Å²) in [5, 5.41) is 10.4. The maximum absolute atomic E-state index is 13.4. The minimum absolute atomic E-state index is 0.0494. The van der Waals surface area contributed by atoms with Gasteiger partial charge in [-0.05, 0) is 24.1 Å². The fourth-order valence-electron chi connectivity index (χ4n) is 4.01. The molecule has 31 heavy (non-hydrogen) atoms. The molecule has 0 saturated carbocycles. The summed E-state index contributed by atoms with van der Waals surface area (Å²) in [5.74, 6) is -0.432. The summed E-state index contributed by atoms with van der Waals surface area (Å²) >= 11 is 7.59. The van der Waals surface area contributed by atoms with Crippen molar-refractivity contribution >= 4 is 35.2 Å². The van der Waals surface area contributed by atoms with E-state index in [2.05, 4.69) is 0 Å². The van der Waals surface area contributed by atoms with Crippen molar-refractivity contribution in [2.45, 2.75) is 13.0 Å². The first-order valence-electron chi connectivity index (χ1n) is 9.84. The molecule has 2 aromatic rings. The lowest BCUT2D eigenvalue weighted by molar-refractivity contribution is 0.0717. The van der Waals surface area contributed by atoms with Gasteiger partial charge in [0.1, 0.15) is 11.5 Å². The molecule has 2 aliphatic rings. The van der Waals surface area contributed by atoms with E-state index >= 15 is 0 Å². The number of halogens is 2. The number of nitrogens with zero attached hydrogens (tertiary/aromatic N) is 3. The third-order valence-corrected chi connectivity index (χ3v) is 6.89. The maximum Gasteiger partial charge on any atom is 0.293 e. The molecule has 1 fully saturated rings. The number of pyridine rings is 1. The number of rotatable bonds is 3. The van der Waals surface area contributed by atoms with E-state index in [0.717, 1.165) is 16.1 Å². The number of aromatic hydroxyl groups is 1. The van der Waals surface area contributed by atoms with E-state index in [4.69, 9.17) is 11.6 Å². The van der Waals surface area contributed by atoms with Crippen LogP contribution in [0.15, 0.2) is 23.0 Å². The second-order valence-corrected chi connectivity index (χ2v) is 9.18. The van der Waals surface area contributed by atoms with Gasteiger partial charge in [0.25, 0.3) is 17.4 Å². The van der Waals surface area contributed by atoms with Gasteiger partial charge in [0, 0.05) is 50.3 Å². The Kier molecular flexibility index (Phi) is 5.98. The molecule has 1 saturated heterocycles. The lowest BCUT2D eigenvalue weighted by Crippen LogP contribution is -2.44. The van der Waals surface area contributed by atoms with Gasteiger partial charge in [-0.2, -0.15) is 11.8 Å². The van der Waals surface area contributed by atoms with E-state index in [0.29, 0.717) is 30.6 Å². The molecular weight excluding hydrogens is 445 g/mol. The van der Waals surface area contributed by atoms with Crippen molar-refractivity contribution in [1.29, 1.82) is 0 Å². The molecule has 2 amide bonds. The quantitative estimate of drug-likeness (QED) is 0.752. The Hall–Kier alpha value is -2.52. The number of benzene rings is 1. The predicted molar refractivity (Wildman–Crippen MR) is 116 cm³/mol. The van der Waals surface area contributed by atoms with Crippen LogP contribution in [0.5, 0.6) is 5.75 Å². The molecule has 1 N–H and O–H groups in total. The van der Waals surface area contributed by atoms with Gasteiger partial charge in [-0.25, -0.2) is 4.39 Å². The summed E-state index contributed by atoms with van der Waals surface area (Å²) in [5.41, 5.74) is 0.253. The lowest BCUT2D eigenvalue weighted by atomic mass is 9.95. The summed E-state index contributed by atoms with van der Waals surface area (Å²) in [6.07, 6.45) is 0.307. The Labute approximate surface area is 187 Å². The van der Waals surface area contributed by atoms with Crippen LogP contribution in [0.1, 0.15) is 32.0 Å². The van der Waals surface area contributed by atoms with E-state index in [1.807, 2.05) is 0 Å². The van der Waals surface area contributed by atoms with Crippen LogP contribution in [0.2, 0.25) is 5.02 Å². The number of carbonyl (C=O) groups excluding carboxylic acids is 2. The second kappa shape index (κ2) is 8.55. The van der Waals surface area contributed by atoms with Gasteiger partial charge in [-0.15, -0.1) is 0 Å². The molecule has 1 aromatic heterocycles. The Balaban J connectivity index is 1.72. The van der Waals surface area contributed by atoms with Crippen LogP contribution in [0.3, 0.4) is 0 Å². The number of aromatic nitrogens is 1. The van der Waals surface area contributed by atoms with Crippen LogP contribution >= 0.6 is 23.4 Å². The molecule has 0 spiro atoms. The molecule has 0 radical (unpaired) electrons. The SMILES string of the molecule is Cn1c(C(=O)N2CCSCC2)c2c(c(O)c1=O)C(=O)N(Cc1ccc(F)c(Cl)c1)CC2. The fraction of sp³-hybridized carbons (Fsp3) is 0.381. The standard InChI is InChI=1S/C21H21ClFN3O4S/c1-24-17(20(29)25-6-8-31-9-7-25)13-4-5-26(19(28)16(13)18(27)21(24)30)11-12-2-3-15(23)14(22)10-12/h2-3,10,27H,4-9,11H2,1H3. The van der Waals surface area contributed by atoms with Gasteiger partial charge in [0.05, 0.1) is 10.6 Å². The van der Waals surface area contributed by atoms with Crippen LogP contribution < -0.4 is 5.56 Å². The Bertz CT molecular complexity index is 1130. The summed E-state index contributed by atoms with van der Waals surface area (Å²) in [4.78, 5) is 42.2. The van der Waals surface area contributed by atoms with Gasteiger partial charge in [-0.1, -0.05) is 17.7 Å². The lowest BCUT2D eigenvalue weighted by Gasteiger charge is -2.32. The number of amides is 2. The van der Waals surface area contributed by atoms with Crippen molar-refractivity contribution in [2.75, 3.05) is 31.1 Å². The number of hydrogen-bond donors (Lipinski definition) is 1. The molecular formula is C21H21ClFN3O4S. The monoisotopic (exact) mass is 465 g/mol. The average Bonchev–Trinajstić information content (AvgIpc) is 2.77. The first-order chi connectivity index (χ1) is 14.8. The van der Waals surface area contributed by atoms with Crippen LogP contribution in [0.25, 0.3) is 0 Å². The molecule has 1 aromatic carbocycles. The average molecular weight is 466 g/mol. The minimum atomic E-state index is -0.784. The molecule has 164 valence electrons. The van der Waals surface area contributed by atoms with E-state index < -0.39 is 23.0 Å². The predicted octanol–water partition coefficient (Wildman–Crippen LogP) is 2.27. The highest BCUT2D eigenvalue weighted by Gasteiger charge is 2.35. The fourth-order valence-corrected chi connectivity index (χ4v) is 5.12. The van der Waals surface area contributed by atoms with E-state index in [1.165, 1.54) is 30.1 Å². The topological polar surface area (TPSA) is 82.8 Å². The van der Waals surface area contributed by atoms with Gasteiger partial charge >= 0.3 is 0 Å². The molecule has 0 bridgehead atoms. The van der Waals surface area contributed by atoms with Crippen molar-refractivity contribution in [1.82, 2.24) is 14.4 Å². The van der Waals surface area contributed by atoms with Gasteiger partial charge in [0.15, 0.2) is 5.75 Å². The highest BCUT2D eigenvalue weighted by atomic mass is 35.5. The summed E-state index contributed by atoms with van der Waals surface area (Å²) in [7, 11) is 1.44. The van der Waals surface area contributed by atoms with Gasteiger partial charge in [0.2, 0.25) is 0 Å². The highest BCUT2D eigenvalue weighted by Crippen LogP contribution is 2.30. The molecule has 4 rings (SSSR count). The first kappa shape index (κ1) is 21.7. The number of fused-ring (bicyclic) bond motifs is 1. The number of carbonyl (C=O) groups is 2. The first-order valence-corrected chi connectivity index (χ1v) is 11.4. The van der Waals surface area contributed by atoms with E-state index in [-0.39, 0.29) is 35.3 Å². The molecule has 0 atom stereocenters. The third-order valence-electron chi connectivity index (χ3n) is 5.66. The number of thioether (sulfide) groups is 1. The molecule has 0 aliphatic carbocycles.